The predicted octanol–water partition coefficient (Wildman–Crippen LogP) is 2.22. The number of carbonyl (C=O) groups is 2. The van der Waals surface area contributed by atoms with Crippen molar-refractivity contribution < 1.29 is 22.8 Å². The molecule has 0 aliphatic rings. The number of hydrogen-bond acceptors (Lipinski definition) is 3. The molecule has 0 saturated carbocycles. The second-order valence-electron chi connectivity index (χ2n) is 7.32. The van der Waals surface area contributed by atoms with Gasteiger partial charge < -0.3 is 20.9 Å². The summed E-state index contributed by atoms with van der Waals surface area (Å²) in [5.74, 6) is -0.176. The highest BCUT2D eigenvalue weighted by atomic mass is 127. The highest BCUT2D eigenvalue weighted by molar-refractivity contribution is 14.0. The second kappa shape index (κ2) is 12.0. The van der Waals surface area contributed by atoms with Gasteiger partial charge in [0.2, 0.25) is 11.8 Å². The minimum Gasteiger partial charge on any atom is -0.359 e. The van der Waals surface area contributed by atoms with Gasteiger partial charge >= 0.3 is 6.18 Å². The van der Waals surface area contributed by atoms with Crippen LogP contribution in [0.3, 0.4) is 0 Å². The lowest BCUT2D eigenvalue weighted by Crippen LogP contribution is -2.48. The summed E-state index contributed by atoms with van der Waals surface area (Å²) in [6.45, 7) is 3.58. The van der Waals surface area contributed by atoms with Gasteiger partial charge in [0.15, 0.2) is 5.96 Å². The van der Waals surface area contributed by atoms with Gasteiger partial charge in [-0.2, -0.15) is 13.2 Å². The molecule has 0 bridgehead atoms. The van der Waals surface area contributed by atoms with Crippen molar-refractivity contribution in [3.63, 3.8) is 0 Å². The normalized spacial score (nSPS) is 11.9. The van der Waals surface area contributed by atoms with E-state index in [0.717, 1.165) is 12.1 Å². The van der Waals surface area contributed by atoms with E-state index in [1.165, 1.54) is 24.1 Å². The van der Waals surface area contributed by atoms with Crippen molar-refractivity contribution in [3.05, 3.63) is 35.4 Å². The van der Waals surface area contributed by atoms with Crippen molar-refractivity contribution in [2.24, 2.45) is 10.4 Å². The number of benzene rings is 1. The molecule has 0 atom stereocenters. The topological polar surface area (TPSA) is 85.8 Å². The van der Waals surface area contributed by atoms with Crippen molar-refractivity contribution >= 4 is 41.8 Å². The third kappa shape index (κ3) is 9.18. The Morgan fingerprint density at radius 3 is 2.30 bits per heavy atom. The predicted molar refractivity (Wildman–Crippen MR) is 121 cm³/mol. The molecule has 30 heavy (non-hydrogen) atoms. The minimum atomic E-state index is -4.44. The van der Waals surface area contributed by atoms with E-state index in [0.29, 0.717) is 5.56 Å². The fourth-order valence-electron chi connectivity index (χ4n) is 2.23. The van der Waals surface area contributed by atoms with E-state index < -0.39 is 17.2 Å². The molecule has 2 amide bonds. The van der Waals surface area contributed by atoms with E-state index in [2.05, 4.69) is 20.9 Å². The summed E-state index contributed by atoms with van der Waals surface area (Å²) in [7, 11) is 4.73. The fourth-order valence-corrected chi connectivity index (χ4v) is 2.23. The molecule has 3 N–H and O–H groups in total. The third-order valence-electron chi connectivity index (χ3n) is 4.12. The van der Waals surface area contributed by atoms with Gasteiger partial charge in [-0.25, -0.2) is 4.99 Å². The highest BCUT2D eigenvalue weighted by Crippen LogP contribution is 2.29. The highest BCUT2D eigenvalue weighted by Gasteiger charge is 2.30. The van der Waals surface area contributed by atoms with Crippen LogP contribution in [0.1, 0.15) is 25.0 Å². The first-order chi connectivity index (χ1) is 13.4. The van der Waals surface area contributed by atoms with Crippen LogP contribution < -0.4 is 16.0 Å². The molecule has 0 aromatic heterocycles. The fraction of sp³-hybridized carbons (Fsp3) is 0.526. The number of nitrogens with one attached hydrogen (secondary N) is 3. The van der Waals surface area contributed by atoms with Crippen molar-refractivity contribution in [3.8, 4) is 0 Å². The van der Waals surface area contributed by atoms with Crippen LogP contribution in [0.4, 0.5) is 13.2 Å². The number of likely N-dealkylation sites (N-methyl/N-ethyl adjacent to an activating group) is 1. The van der Waals surface area contributed by atoms with Crippen LogP contribution in [0.25, 0.3) is 0 Å². The van der Waals surface area contributed by atoms with Crippen LogP contribution in [0.2, 0.25) is 0 Å². The number of aliphatic imine (C=N–C) groups is 1. The Bertz CT molecular complexity index is 752. The van der Waals surface area contributed by atoms with Gasteiger partial charge in [-0.1, -0.05) is 12.1 Å². The number of amides is 2. The van der Waals surface area contributed by atoms with Crippen molar-refractivity contribution in [2.45, 2.75) is 26.6 Å². The molecular weight excluding hydrogens is 514 g/mol. The second-order valence-corrected chi connectivity index (χ2v) is 7.32. The van der Waals surface area contributed by atoms with Gasteiger partial charge in [0, 0.05) is 27.7 Å². The van der Waals surface area contributed by atoms with E-state index in [4.69, 9.17) is 0 Å². The Kier molecular flexibility index (Phi) is 11.1. The quantitative estimate of drug-likeness (QED) is 0.280. The molecule has 7 nitrogen and oxygen atoms in total. The average Bonchev–Trinajstić information content (AvgIpc) is 2.65. The molecule has 0 heterocycles. The SMILES string of the molecule is CNC(=O)C(C)(C)CNC(=NCc1cccc(C(F)(F)F)c1)NCC(=O)N(C)C.I. The molecule has 170 valence electrons. The molecule has 1 aromatic carbocycles. The monoisotopic (exact) mass is 543 g/mol. The van der Waals surface area contributed by atoms with E-state index >= 15 is 0 Å². The Labute approximate surface area is 191 Å². The average molecular weight is 543 g/mol. The molecule has 1 aromatic rings. The number of hydrogen-bond donors (Lipinski definition) is 3. The lowest BCUT2D eigenvalue weighted by Gasteiger charge is -2.24. The lowest BCUT2D eigenvalue weighted by molar-refractivity contribution is -0.137. The summed E-state index contributed by atoms with van der Waals surface area (Å²) in [6.07, 6.45) is -4.44. The number of rotatable bonds is 7. The minimum absolute atomic E-state index is 0. The Morgan fingerprint density at radius 1 is 1.13 bits per heavy atom. The van der Waals surface area contributed by atoms with Gasteiger partial charge in [-0.15, -0.1) is 24.0 Å². The number of carbonyl (C=O) groups excluding carboxylic acids is 2. The maximum Gasteiger partial charge on any atom is 0.416 e. The zero-order valence-corrected chi connectivity index (χ0v) is 20.0. The van der Waals surface area contributed by atoms with Crippen molar-refractivity contribution in [1.29, 1.82) is 0 Å². The first kappa shape index (κ1) is 27.9. The Hall–Kier alpha value is -2.05. The summed E-state index contributed by atoms with van der Waals surface area (Å²) in [4.78, 5) is 29.4. The number of nitrogens with zero attached hydrogens (tertiary/aromatic N) is 2. The number of halogens is 4. The molecule has 0 fully saturated rings. The standard InChI is InChI=1S/C19H28F3N5O2.HI/c1-18(2,16(29)23-3)12-26-17(25-11-15(28)27(4)5)24-10-13-7-6-8-14(9-13)19(20,21)22;/h6-9H,10-12H2,1-5H3,(H,23,29)(H2,24,25,26);1H. The molecule has 1 rings (SSSR count). The lowest BCUT2D eigenvalue weighted by atomic mass is 9.92. The summed E-state index contributed by atoms with van der Waals surface area (Å²) < 4.78 is 38.6. The van der Waals surface area contributed by atoms with Gasteiger partial charge in [-0.3, -0.25) is 9.59 Å². The molecule has 0 radical (unpaired) electrons. The number of guanidine groups is 1. The first-order valence-electron chi connectivity index (χ1n) is 8.97. The zero-order chi connectivity index (χ0) is 22.2. The van der Waals surface area contributed by atoms with E-state index in [1.54, 1.807) is 27.9 Å². The summed E-state index contributed by atoms with van der Waals surface area (Å²) in [5.41, 5.74) is -1.15. The van der Waals surface area contributed by atoms with E-state index in [1.807, 2.05) is 0 Å². The van der Waals surface area contributed by atoms with Crippen LogP contribution in [0, 0.1) is 5.41 Å². The van der Waals surface area contributed by atoms with Crippen LogP contribution in [0.15, 0.2) is 29.3 Å². The Morgan fingerprint density at radius 2 is 1.77 bits per heavy atom. The van der Waals surface area contributed by atoms with Gasteiger partial charge in [0.05, 0.1) is 24.1 Å². The summed E-state index contributed by atoms with van der Waals surface area (Å²) in [5, 5.41) is 8.37. The maximum absolute atomic E-state index is 12.9. The Balaban J connectivity index is 0.00000841. The van der Waals surface area contributed by atoms with Gasteiger partial charge in [0.25, 0.3) is 0 Å². The summed E-state index contributed by atoms with van der Waals surface area (Å²) >= 11 is 0. The maximum atomic E-state index is 12.9. The first-order valence-corrected chi connectivity index (χ1v) is 8.97. The summed E-state index contributed by atoms with van der Waals surface area (Å²) in [6, 6.07) is 4.88. The largest absolute Gasteiger partial charge is 0.416 e. The van der Waals surface area contributed by atoms with Gasteiger partial charge in [0.1, 0.15) is 0 Å². The molecule has 0 aliphatic carbocycles. The number of alkyl halides is 3. The van der Waals surface area contributed by atoms with Crippen LogP contribution in [0.5, 0.6) is 0 Å². The van der Waals surface area contributed by atoms with Crippen LogP contribution >= 0.6 is 24.0 Å². The third-order valence-corrected chi connectivity index (χ3v) is 4.12. The van der Waals surface area contributed by atoms with E-state index in [9.17, 15) is 22.8 Å². The van der Waals surface area contributed by atoms with Crippen LogP contribution in [-0.4, -0.2) is 56.9 Å². The molecule has 0 unspecified atom stereocenters. The zero-order valence-electron chi connectivity index (χ0n) is 17.7. The van der Waals surface area contributed by atoms with Crippen molar-refractivity contribution in [1.82, 2.24) is 20.9 Å². The molecule has 11 heteroatoms. The molecule has 0 spiro atoms. The smallest absolute Gasteiger partial charge is 0.359 e. The molecule has 0 saturated heterocycles. The van der Waals surface area contributed by atoms with Crippen LogP contribution in [-0.2, 0) is 22.3 Å². The molecular formula is C19H29F3IN5O2. The van der Waals surface area contributed by atoms with Crippen molar-refractivity contribution in [2.75, 3.05) is 34.2 Å². The van der Waals surface area contributed by atoms with E-state index in [-0.39, 0.29) is 61.4 Å². The molecule has 0 aliphatic heterocycles. The van der Waals surface area contributed by atoms with Gasteiger partial charge in [-0.05, 0) is 31.5 Å².